The van der Waals surface area contributed by atoms with Crippen LogP contribution in [0, 0.1) is 0 Å². The van der Waals surface area contributed by atoms with Crippen molar-refractivity contribution in [3.63, 3.8) is 0 Å². The molecule has 1 aromatic carbocycles. The molecule has 0 radical (unpaired) electrons. The molecule has 0 fully saturated rings. The molecule has 0 aliphatic heterocycles. The van der Waals surface area contributed by atoms with E-state index in [1.807, 2.05) is 37.3 Å². The number of nitrogens with zero attached hydrogens (tertiary/aromatic N) is 1. The van der Waals surface area contributed by atoms with Crippen LogP contribution >= 0.6 is 11.3 Å². The van der Waals surface area contributed by atoms with E-state index < -0.39 is 0 Å². The van der Waals surface area contributed by atoms with E-state index in [2.05, 4.69) is 4.98 Å². The van der Waals surface area contributed by atoms with Crippen molar-refractivity contribution >= 4 is 17.3 Å². The number of hydrogen-bond acceptors (Lipinski definition) is 4. The molecule has 1 aromatic heterocycles. The fourth-order valence-corrected chi connectivity index (χ4v) is 2.64. The van der Waals surface area contributed by atoms with Gasteiger partial charge in [-0.1, -0.05) is 37.3 Å². The molecule has 4 heteroatoms. The van der Waals surface area contributed by atoms with Gasteiger partial charge in [0, 0.05) is 0 Å². The molecular weight excluding hydrogens is 246 g/mol. The Morgan fingerprint density at radius 1 is 1.28 bits per heavy atom. The van der Waals surface area contributed by atoms with Crippen LogP contribution in [0.25, 0.3) is 10.4 Å². The van der Waals surface area contributed by atoms with Crippen molar-refractivity contribution in [1.82, 2.24) is 4.98 Å². The predicted molar refractivity (Wildman–Crippen MR) is 72.9 cm³/mol. The van der Waals surface area contributed by atoms with Crippen molar-refractivity contribution in [2.45, 2.75) is 20.3 Å². The maximum Gasteiger partial charge on any atom is 0.358 e. The molecule has 2 rings (SSSR count). The standard InChI is InChI=1S/C14H15NO2S/c1-3-11-15-12(14(16)17-4-2)13(18-11)10-8-6-5-7-9-10/h5-9H,3-4H2,1-2H3. The normalized spacial score (nSPS) is 10.3. The van der Waals surface area contributed by atoms with Gasteiger partial charge in [-0.05, 0) is 18.9 Å². The summed E-state index contributed by atoms with van der Waals surface area (Å²) in [6.07, 6.45) is 0.823. The van der Waals surface area contributed by atoms with E-state index in [-0.39, 0.29) is 5.97 Å². The minimum atomic E-state index is -0.340. The van der Waals surface area contributed by atoms with E-state index in [0.717, 1.165) is 21.9 Å². The van der Waals surface area contributed by atoms with Gasteiger partial charge < -0.3 is 4.74 Å². The minimum Gasteiger partial charge on any atom is -0.461 e. The average Bonchev–Trinajstić information content (AvgIpc) is 2.84. The minimum absolute atomic E-state index is 0.340. The number of carbonyl (C=O) groups is 1. The van der Waals surface area contributed by atoms with Gasteiger partial charge in [0.05, 0.1) is 16.5 Å². The van der Waals surface area contributed by atoms with E-state index in [9.17, 15) is 4.79 Å². The average molecular weight is 261 g/mol. The molecule has 94 valence electrons. The van der Waals surface area contributed by atoms with Gasteiger partial charge in [0.15, 0.2) is 5.69 Å². The van der Waals surface area contributed by atoms with Crippen LogP contribution in [0.3, 0.4) is 0 Å². The van der Waals surface area contributed by atoms with E-state index in [1.54, 1.807) is 18.3 Å². The Bertz CT molecular complexity index is 534. The molecule has 0 atom stereocenters. The molecule has 0 bridgehead atoms. The zero-order valence-electron chi connectivity index (χ0n) is 10.5. The number of thiazole rings is 1. The molecule has 0 N–H and O–H groups in total. The molecule has 2 aromatic rings. The highest BCUT2D eigenvalue weighted by Crippen LogP contribution is 2.31. The van der Waals surface area contributed by atoms with Crippen LogP contribution in [0.1, 0.15) is 29.3 Å². The molecule has 0 unspecified atom stereocenters. The number of esters is 1. The van der Waals surface area contributed by atoms with Crippen LogP contribution in [-0.2, 0) is 11.2 Å². The zero-order valence-corrected chi connectivity index (χ0v) is 11.3. The Balaban J connectivity index is 2.45. The number of hydrogen-bond donors (Lipinski definition) is 0. The summed E-state index contributed by atoms with van der Waals surface area (Å²) in [5.41, 5.74) is 1.45. The lowest BCUT2D eigenvalue weighted by molar-refractivity contribution is 0.0521. The second-order valence-corrected chi connectivity index (χ2v) is 4.81. The molecule has 0 aliphatic rings. The first-order chi connectivity index (χ1) is 8.76. The number of aromatic nitrogens is 1. The largest absolute Gasteiger partial charge is 0.461 e. The first kappa shape index (κ1) is 12.8. The Hall–Kier alpha value is -1.68. The summed E-state index contributed by atoms with van der Waals surface area (Å²) >= 11 is 1.55. The van der Waals surface area contributed by atoms with E-state index in [0.29, 0.717) is 12.3 Å². The van der Waals surface area contributed by atoms with Crippen LogP contribution in [0.15, 0.2) is 30.3 Å². The number of aryl methyl sites for hydroxylation is 1. The van der Waals surface area contributed by atoms with Crippen molar-refractivity contribution in [2.24, 2.45) is 0 Å². The van der Waals surface area contributed by atoms with Crippen molar-refractivity contribution in [3.05, 3.63) is 41.0 Å². The fraction of sp³-hybridized carbons (Fsp3) is 0.286. The molecule has 0 saturated heterocycles. The van der Waals surface area contributed by atoms with Crippen LogP contribution < -0.4 is 0 Å². The Kier molecular flexibility index (Phi) is 4.10. The Morgan fingerprint density at radius 2 is 2.00 bits per heavy atom. The van der Waals surface area contributed by atoms with E-state index in [4.69, 9.17) is 4.74 Å². The summed E-state index contributed by atoms with van der Waals surface area (Å²) in [4.78, 5) is 17.2. The second kappa shape index (κ2) is 5.78. The lowest BCUT2D eigenvalue weighted by Crippen LogP contribution is -2.06. The van der Waals surface area contributed by atoms with Gasteiger partial charge in [0.1, 0.15) is 0 Å². The molecule has 3 nitrogen and oxygen atoms in total. The van der Waals surface area contributed by atoms with E-state index in [1.165, 1.54) is 0 Å². The fourth-order valence-electron chi connectivity index (χ4n) is 1.64. The highest BCUT2D eigenvalue weighted by Gasteiger charge is 2.19. The summed E-state index contributed by atoms with van der Waals surface area (Å²) < 4.78 is 5.05. The lowest BCUT2D eigenvalue weighted by Gasteiger charge is -2.01. The van der Waals surface area contributed by atoms with Crippen LogP contribution in [0.2, 0.25) is 0 Å². The van der Waals surface area contributed by atoms with Crippen LogP contribution in [0.5, 0.6) is 0 Å². The summed E-state index contributed by atoms with van der Waals surface area (Å²) in [6.45, 7) is 4.20. The summed E-state index contributed by atoms with van der Waals surface area (Å²) in [5, 5.41) is 0.955. The van der Waals surface area contributed by atoms with Crippen LogP contribution in [-0.4, -0.2) is 17.6 Å². The topological polar surface area (TPSA) is 39.2 Å². The number of rotatable bonds is 4. The first-order valence-electron chi connectivity index (χ1n) is 5.98. The van der Waals surface area contributed by atoms with Gasteiger partial charge in [-0.25, -0.2) is 9.78 Å². The van der Waals surface area contributed by atoms with Crippen molar-refractivity contribution < 1.29 is 9.53 Å². The second-order valence-electron chi connectivity index (χ2n) is 3.73. The van der Waals surface area contributed by atoms with Crippen molar-refractivity contribution in [1.29, 1.82) is 0 Å². The van der Waals surface area contributed by atoms with Crippen molar-refractivity contribution in [2.75, 3.05) is 6.61 Å². The highest BCUT2D eigenvalue weighted by atomic mass is 32.1. The third kappa shape index (κ3) is 2.59. The zero-order chi connectivity index (χ0) is 13.0. The molecule has 18 heavy (non-hydrogen) atoms. The molecular formula is C14H15NO2S. The number of carbonyl (C=O) groups excluding carboxylic acids is 1. The van der Waals surface area contributed by atoms with Gasteiger partial charge >= 0.3 is 5.97 Å². The predicted octanol–water partition coefficient (Wildman–Crippen LogP) is 3.55. The van der Waals surface area contributed by atoms with Gasteiger partial charge in [-0.2, -0.15) is 0 Å². The molecule has 0 amide bonds. The quantitative estimate of drug-likeness (QED) is 0.790. The smallest absolute Gasteiger partial charge is 0.358 e. The Labute approximate surface area is 110 Å². The van der Waals surface area contributed by atoms with Gasteiger partial charge in [-0.15, -0.1) is 11.3 Å². The van der Waals surface area contributed by atoms with E-state index >= 15 is 0 Å². The maximum atomic E-state index is 11.9. The van der Waals surface area contributed by atoms with Gasteiger partial charge in [-0.3, -0.25) is 0 Å². The lowest BCUT2D eigenvalue weighted by atomic mass is 10.1. The van der Waals surface area contributed by atoms with Gasteiger partial charge in [0.25, 0.3) is 0 Å². The Morgan fingerprint density at radius 3 is 2.61 bits per heavy atom. The molecule has 0 saturated carbocycles. The van der Waals surface area contributed by atoms with Gasteiger partial charge in [0.2, 0.25) is 0 Å². The molecule has 0 spiro atoms. The van der Waals surface area contributed by atoms with Crippen LogP contribution in [0.4, 0.5) is 0 Å². The maximum absolute atomic E-state index is 11.9. The third-order valence-corrected chi connectivity index (χ3v) is 3.73. The summed E-state index contributed by atoms with van der Waals surface area (Å²) in [5.74, 6) is -0.340. The summed E-state index contributed by atoms with van der Waals surface area (Å²) in [7, 11) is 0. The monoisotopic (exact) mass is 261 g/mol. The molecule has 1 heterocycles. The number of ether oxygens (including phenoxy) is 1. The third-order valence-electron chi connectivity index (χ3n) is 2.48. The van der Waals surface area contributed by atoms with Crippen molar-refractivity contribution in [3.8, 4) is 10.4 Å². The summed E-state index contributed by atoms with van der Waals surface area (Å²) in [6, 6.07) is 9.83. The number of benzene rings is 1. The molecule has 0 aliphatic carbocycles. The SMILES string of the molecule is CCOC(=O)c1nc(CC)sc1-c1ccccc1. The highest BCUT2D eigenvalue weighted by molar-refractivity contribution is 7.15. The first-order valence-corrected chi connectivity index (χ1v) is 6.80.